The normalized spacial score (nSPS) is 17.5. The smallest absolute Gasteiger partial charge is 0.452 e. The van der Waals surface area contributed by atoms with Gasteiger partial charge in [-0.3, -0.25) is 9.36 Å². The van der Waals surface area contributed by atoms with Gasteiger partial charge in [-0.15, -0.1) is 22.0 Å². The van der Waals surface area contributed by atoms with Crippen LogP contribution in [-0.2, 0) is 15.7 Å². The van der Waals surface area contributed by atoms with Gasteiger partial charge in [-0.2, -0.15) is 13.2 Å². The molecule has 0 N–H and O–H groups in total. The number of nitrogens with zero attached hydrogens (tertiary/aromatic N) is 3. The molecule has 180 valence electrons. The maximum atomic E-state index is 15.3. The molecule has 0 unspecified atom stereocenters. The monoisotopic (exact) mass is 515 g/mol. The van der Waals surface area contributed by atoms with Gasteiger partial charge in [0.15, 0.2) is 17.4 Å². The predicted molar refractivity (Wildman–Crippen MR) is 118 cm³/mol. The highest BCUT2D eigenvalue weighted by atomic mass is 35.5. The Labute approximate surface area is 201 Å². The van der Waals surface area contributed by atoms with Crippen molar-refractivity contribution in [3.8, 4) is 11.4 Å². The first-order valence-corrected chi connectivity index (χ1v) is 11.4. The number of fused-ring (bicyclic) bond motifs is 3. The number of aromatic nitrogens is 3. The summed E-state index contributed by atoms with van der Waals surface area (Å²) in [7, 11) is 1.31. The fraction of sp³-hybridized carbons (Fsp3) is 0.318. The molecule has 1 aliphatic heterocycles. The molecule has 0 bridgehead atoms. The lowest BCUT2D eigenvalue weighted by molar-refractivity contribution is -0.146. The van der Waals surface area contributed by atoms with Crippen LogP contribution >= 0.6 is 23.4 Å². The van der Waals surface area contributed by atoms with Gasteiger partial charge in [0.1, 0.15) is 0 Å². The lowest BCUT2D eigenvalue weighted by Crippen LogP contribution is -2.17. The Morgan fingerprint density at radius 2 is 1.97 bits per heavy atom. The van der Waals surface area contributed by atoms with Crippen LogP contribution in [0, 0.1) is 5.82 Å². The number of esters is 1. The van der Waals surface area contributed by atoms with E-state index in [9.17, 15) is 18.0 Å². The quantitative estimate of drug-likeness (QED) is 0.310. The van der Waals surface area contributed by atoms with E-state index in [4.69, 9.17) is 21.1 Å². The highest BCUT2D eigenvalue weighted by Gasteiger charge is 2.43. The molecule has 1 aliphatic rings. The minimum Gasteiger partial charge on any atom is -0.494 e. The first-order valence-electron chi connectivity index (χ1n) is 10.1. The Balaban J connectivity index is 1.98. The number of hydrogen-bond acceptors (Lipinski definition) is 6. The summed E-state index contributed by atoms with van der Waals surface area (Å²) in [6, 6.07) is 8.83. The van der Waals surface area contributed by atoms with Gasteiger partial charge in [-0.05, 0) is 36.8 Å². The first-order chi connectivity index (χ1) is 16.2. The van der Waals surface area contributed by atoms with E-state index in [2.05, 4.69) is 10.2 Å². The molecule has 0 saturated heterocycles. The number of rotatable bonds is 5. The van der Waals surface area contributed by atoms with Gasteiger partial charge in [0, 0.05) is 10.6 Å². The molecule has 1 aromatic heterocycles. The molecule has 34 heavy (non-hydrogen) atoms. The molecule has 0 spiro atoms. The summed E-state index contributed by atoms with van der Waals surface area (Å²) in [5, 5.41) is 5.65. The molecular formula is C22H18ClF4N3O3S. The van der Waals surface area contributed by atoms with E-state index < -0.39 is 34.3 Å². The lowest BCUT2D eigenvalue weighted by atomic mass is 10.0. The zero-order valence-corrected chi connectivity index (χ0v) is 19.5. The van der Waals surface area contributed by atoms with Gasteiger partial charge in [0.25, 0.3) is 0 Å². The summed E-state index contributed by atoms with van der Waals surface area (Å²) in [4.78, 5) is 12.3. The van der Waals surface area contributed by atoms with Crippen molar-refractivity contribution in [1.82, 2.24) is 14.8 Å². The first kappa shape index (κ1) is 24.3. The number of hydrogen-bond donors (Lipinski definition) is 0. The number of halogens is 5. The molecule has 0 saturated carbocycles. The number of thioether (sulfide) groups is 1. The Bertz CT molecular complexity index is 1230. The Morgan fingerprint density at radius 1 is 1.21 bits per heavy atom. The van der Waals surface area contributed by atoms with Crippen molar-refractivity contribution in [3.05, 3.63) is 70.0 Å². The summed E-state index contributed by atoms with van der Waals surface area (Å²) in [6.45, 7) is 1.72. The van der Waals surface area contributed by atoms with Gasteiger partial charge in [0.05, 0.1) is 36.3 Å². The zero-order valence-electron chi connectivity index (χ0n) is 17.9. The minimum absolute atomic E-state index is 0.0248. The largest absolute Gasteiger partial charge is 0.494 e. The fourth-order valence-electron chi connectivity index (χ4n) is 3.80. The standard InChI is InChI=1S/C22H18ClF4N3O3S/c1-3-33-17(31)10-16-20-28-29-21(22(25,26)27)30(20)14-8-7-11(23)9-13(14)19(34-16)12-5-4-6-15(32-2)18(12)24/h4-9,16,19H,3,10H2,1-2H3/t16-,19-/m0/s1. The van der Waals surface area contributed by atoms with Gasteiger partial charge >= 0.3 is 12.1 Å². The van der Waals surface area contributed by atoms with Crippen LogP contribution in [0.25, 0.3) is 5.69 Å². The second kappa shape index (κ2) is 9.46. The zero-order chi connectivity index (χ0) is 24.6. The van der Waals surface area contributed by atoms with Crippen molar-refractivity contribution >= 4 is 29.3 Å². The highest BCUT2D eigenvalue weighted by Crippen LogP contribution is 2.52. The highest BCUT2D eigenvalue weighted by molar-refractivity contribution is 8.00. The van der Waals surface area contributed by atoms with Crippen LogP contribution in [0.15, 0.2) is 36.4 Å². The Morgan fingerprint density at radius 3 is 2.65 bits per heavy atom. The summed E-state index contributed by atoms with van der Waals surface area (Å²) >= 11 is 7.27. The predicted octanol–water partition coefficient (Wildman–Crippen LogP) is 5.92. The molecule has 6 nitrogen and oxygen atoms in total. The Kier molecular flexibility index (Phi) is 6.77. The molecule has 0 amide bonds. The third kappa shape index (κ3) is 4.46. The van der Waals surface area contributed by atoms with E-state index in [1.54, 1.807) is 13.0 Å². The molecule has 3 aromatic rings. The molecule has 4 rings (SSSR count). The van der Waals surface area contributed by atoms with Crippen LogP contribution < -0.4 is 4.74 Å². The van der Waals surface area contributed by atoms with Crippen molar-refractivity contribution in [1.29, 1.82) is 0 Å². The van der Waals surface area contributed by atoms with Crippen LogP contribution in [-0.4, -0.2) is 34.5 Å². The molecule has 0 aliphatic carbocycles. The summed E-state index contributed by atoms with van der Waals surface area (Å²) in [5.41, 5.74) is 0.555. The molecule has 0 radical (unpaired) electrons. The second-order valence-electron chi connectivity index (χ2n) is 7.30. The summed E-state index contributed by atoms with van der Waals surface area (Å²) < 4.78 is 68.0. The third-order valence-electron chi connectivity index (χ3n) is 5.20. The van der Waals surface area contributed by atoms with E-state index in [1.165, 1.54) is 37.4 Å². The summed E-state index contributed by atoms with van der Waals surface area (Å²) in [5.74, 6) is -2.68. The molecule has 2 aromatic carbocycles. The van der Waals surface area contributed by atoms with Crippen molar-refractivity contribution in [2.45, 2.75) is 30.0 Å². The maximum absolute atomic E-state index is 15.3. The number of carbonyl (C=O) groups is 1. The maximum Gasteiger partial charge on any atom is 0.452 e. The third-order valence-corrected chi connectivity index (χ3v) is 6.92. The second-order valence-corrected chi connectivity index (χ2v) is 9.04. The van der Waals surface area contributed by atoms with E-state index in [1.807, 2.05) is 0 Å². The van der Waals surface area contributed by atoms with Gasteiger partial charge < -0.3 is 9.47 Å². The van der Waals surface area contributed by atoms with Crippen molar-refractivity contribution < 1.29 is 31.8 Å². The van der Waals surface area contributed by atoms with E-state index in [0.29, 0.717) is 5.56 Å². The number of carbonyl (C=O) groups excluding carboxylic acids is 1. The van der Waals surface area contributed by atoms with E-state index in [0.717, 1.165) is 16.3 Å². The van der Waals surface area contributed by atoms with Gasteiger partial charge in [-0.25, -0.2) is 4.39 Å². The average Bonchev–Trinajstić information content (AvgIpc) is 3.18. The van der Waals surface area contributed by atoms with Crippen LogP contribution in [0.4, 0.5) is 17.6 Å². The van der Waals surface area contributed by atoms with Crippen LogP contribution in [0.3, 0.4) is 0 Å². The van der Waals surface area contributed by atoms with Crippen LogP contribution in [0.2, 0.25) is 5.02 Å². The fourth-order valence-corrected chi connectivity index (χ4v) is 5.48. The lowest BCUT2D eigenvalue weighted by Gasteiger charge is -2.22. The topological polar surface area (TPSA) is 66.2 Å². The number of alkyl halides is 3. The van der Waals surface area contributed by atoms with E-state index in [-0.39, 0.29) is 40.9 Å². The number of ether oxygens (including phenoxy) is 2. The van der Waals surface area contributed by atoms with E-state index >= 15 is 4.39 Å². The minimum atomic E-state index is -4.83. The molecule has 2 heterocycles. The number of benzene rings is 2. The molecule has 0 fully saturated rings. The number of methoxy groups -OCH3 is 1. The van der Waals surface area contributed by atoms with Gasteiger partial charge in [-0.1, -0.05) is 23.7 Å². The van der Waals surface area contributed by atoms with Crippen molar-refractivity contribution in [2.75, 3.05) is 13.7 Å². The molecular weight excluding hydrogens is 498 g/mol. The molecule has 12 heteroatoms. The van der Waals surface area contributed by atoms with Crippen molar-refractivity contribution in [2.24, 2.45) is 0 Å². The Hall–Kier alpha value is -2.79. The van der Waals surface area contributed by atoms with Crippen molar-refractivity contribution in [3.63, 3.8) is 0 Å². The SMILES string of the molecule is CCOC(=O)C[C@@H]1S[C@@H](c2cccc(OC)c2F)c2cc(Cl)ccc2-n2c1nnc2C(F)(F)F. The van der Waals surface area contributed by atoms with Crippen LogP contribution in [0.1, 0.15) is 46.6 Å². The van der Waals surface area contributed by atoms with Crippen LogP contribution in [0.5, 0.6) is 5.75 Å². The molecule has 2 atom stereocenters. The average molecular weight is 516 g/mol. The summed E-state index contributed by atoms with van der Waals surface area (Å²) in [6.07, 6.45) is -5.12. The van der Waals surface area contributed by atoms with Gasteiger partial charge in [0.2, 0.25) is 5.82 Å².